The third-order valence-corrected chi connectivity index (χ3v) is 1.94. The molecule has 0 aliphatic heterocycles. The van der Waals surface area contributed by atoms with Crippen LogP contribution < -0.4 is 5.32 Å². The molecule has 0 aliphatic carbocycles. The van der Waals surface area contributed by atoms with Crippen molar-refractivity contribution in [1.29, 1.82) is 0 Å². The average molecular weight is 203 g/mol. The molecule has 0 saturated carbocycles. The lowest BCUT2D eigenvalue weighted by Crippen LogP contribution is -2.11. The zero-order chi connectivity index (χ0) is 9.36. The molecule has 0 aliphatic rings. The van der Waals surface area contributed by atoms with E-state index in [2.05, 4.69) is 14.7 Å². The average Bonchev–Trinajstić information content (AvgIpc) is 2.63. The fraction of sp³-hybridized carbons (Fsp3) is 0.714. The Bertz CT molecular complexity index is 206. The maximum Gasteiger partial charge on any atom is 0.202 e. The minimum Gasteiger partial charge on any atom is -0.382 e. The maximum atomic E-state index is 5.24. The predicted molar refractivity (Wildman–Crippen MR) is 51.1 cm³/mol. The van der Waals surface area contributed by atoms with Crippen LogP contribution in [-0.2, 0) is 9.47 Å². The SMILES string of the molecule is COCCOCCNc1ncns1. The molecular formula is C7H13N3O2S. The molecule has 0 atom stereocenters. The van der Waals surface area contributed by atoms with Crippen LogP contribution in [0.4, 0.5) is 5.13 Å². The van der Waals surface area contributed by atoms with Crippen LogP contribution in [0.2, 0.25) is 0 Å². The molecule has 1 heterocycles. The molecule has 0 unspecified atom stereocenters. The number of aromatic nitrogens is 2. The van der Waals surface area contributed by atoms with Crippen LogP contribution in [0.25, 0.3) is 0 Å². The highest BCUT2D eigenvalue weighted by Crippen LogP contribution is 2.04. The third kappa shape index (κ3) is 4.76. The lowest BCUT2D eigenvalue weighted by atomic mass is 10.7. The van der Waals surface area contributed by atoms with Crippen molar-refractivity contribution in [1.82, 2.24) is 9.36 Å². The van der Waals surface area contributed by atoms with E-state index in [1.165, 1.54) is 17.9 Å². The van der Waals surface area contributed by atoms with Crippen LogP contribution in [0.1, 0.15) is 0 Å². The predicted octanol–water partition coefficient (Wildman–Crippen LogP) is 0.613. The van der Waals surface area contributed by atoms with Gasteiger partial charge in [-0.1, -0.05) is 0 Å². The fourth-order valence-electron chi connectivity index (χ4n) is 0.725. The smallest absolute Gasteiger partial charge is 0.202 e. The summed E-state index contributed by atoms with van der Waals surface area (Å²) in [6.45, 7) is 2.68. The Morgan fingerprint density at radius 1 is 1.46 bits per heavy atom. The van der Waals surface area contributed by atoms with E-state index in [1.807, 2.05) is 0 Å². The number of nitrogens with one attached hydrogen (secondary N) is 1. The molecule has 0 saturated heterocycles. The van der Waals surface area contributed by atoms with Crippen molar-refractivity contribution in [2.24, 2.45) is 0 Å². The van der Waals surface area contributed by atoms with Crippen LogP contribution in [0.15, 0.2) is 6.33 Å². The topological polar surface area (TPSA) is 56.3 Å². The summed E-state index contributed by atoms with van der Waals surface area (Å²) < 4.78 is 13.9. The highest BCUT2D eigenvalue weighted by molar-refractivity contribution is 7.09. The summed E-state index contributed by atoms with van der Waals surface area (Å²) in [6.07, 6.45) is 1.53. The monoisotopic (exact) mass is 203 g/mol. The lowest BCUT2D eigenvalue weighted by molar-refractivity contribution is 0.0759. The number of methoxy groups -OCH3 is 1. The molecule has 1 rings (SSSR count). The number of nitrogens with zero attached hydrogens (tertiary/aromatic N) is 2. The molecular weight excluding hydrogens is 190 g/mol. The molecule has 74 valence electrons. The second kappa shape index (κ2) is 6.76. The van der Waals surface area contributed by atoms with Crippen molar-refractivity contribution < 1.29 is 9.47 Å². The quantitative estimate of drug-likeness (QED) is 0.658. The van der Waals surface area contributed by atoms with E-state index in [9.17, 15) is 0 Å². The zero-order valence-electron chi connectivity index (χ0n) is 7.52. The highest BCUT2D eigenvalue weighted by Gasteiger charge is 1.93. The van der Waals surface area contributed by atoms with Gasteiger partial charge in [-0.15, -0.1) is 0 Å². The van der Waals surface area contributed by atoms with Gasteiger partial charge in [-0.05, 0) is 0 Å². The minimum absolute atomic E-state index is 0.633. The number of ether oxygens (including phenoxy) is 2. The molecule has 0 fully saturated rings. The first-order valence-electron chi connectivity index (χ1n) is 4.00. The molecule has 13 heavy (non-hydrogen) atoms. The highest BCUT2D eigenvalue weighted by atomic mass is 32.1. The molecule has 0 aromatic carbocycles. The molecule has 1 aromatic rings. The second-order valence-electron chi connectivity index (χ2n) is 2.28. The third-order valence-electron chi connectivity index (χ3n) is 1.32. The van der Waals surface area contributed by atoms with E-state index in [1.54, 1.807) is 7.11 Å². The number of hydrogen-bond acceptors (Lipinski definition) is 6. The molecule has 0 amide bonds. The molecule has 6 heteroatoms. The van der Waals surface area contributed by atoms with Gasteiger partial charge in [0.15, 0.2) is 0 Å². The van der Waals surface area contributed by atoms with Gasteiger partial charge in [0.2, 0.25) is 5.13 Å². The van der Waals surface area contributed by atoms with Gasteiger partial charge >= 0.3 is 0 Å². The van der Waals surface area contributed by atoms with Crippen molar-refractivity contribution in [3.05, 3.63) is 6.33 Å². The Balaban J connectivity index is 1.90. The molecule has 1 aromatic heterocycles. The summed E-state index contributed by atoms with van der Waals surface area (Å²) in [6, 6.07) is 0. The van der Waals surface area contributed by atoms with Crippen molar-refractivity contribution in [3.63, 3.8) is 0 Å². The van der Waals surface area contributed by atoms with Crippen molar-refractivity contribution >= 4 is 16.7 Å². The summed E-state index contributed by atoms with van der Waals surface area (Å²) in [7, 11) is 1.66. The molecule has 5 nitrogen and oxygen atoms in total. The number of rotatable bonds is 7. The van der Waals surface area contributed by atoms with Gasteiger partial charge in [0, 0.05) is 25.2 Å². The lowest BCUT2D eigenvalue weighted by Gasteiger charge is -2.03. The van der Waals surface area contributed by atoms with Crippen LogP contribution in [0.3, 0.4) is 0 Å². The van der Waals surface area contributed by atoms with Crippen molar-refractivity contribution in [2.75, 3.05) is 38.8 Å². The van der Waals surface area contributed by atoms with E-state index < -0.39 is 0 Å². The fourth-order valence-corrected chi connectivity index (χ4v) is 1.18. The number of anilines is 1. The Morgan fingerprint density at radius 3 is 3.08 bits per heavy atom. The molecule has 0 spiro atoms. The van der Waals surface area contributed by atoms with Crippen LogP contribution in [-0.4, -0.2) is 42.8 Å². The van der Waals surface area contributed by atoms with Crippen molar-refractivity contribution in [3.8, 4) is 0 Å². The standard InChI is InChI=1S/C7H13N3O2S/c1-11-4-5-12-3-2-8-7-9-6-10-13-7/h6H,2-5H2,1H3,(H,8,9,10). The van der Waals surface area contributed by atoms with E-state index in [0.29, 0.717) is 19.8 Å². The maximum absolute atomic E-state index is 5.24. The van der Waals surface area contributed by atoms with Gasteiger partial charge in [-0.3, -0.25) is 0 Å². The van der Waals surface area contributed by atoms with Crippen LogP contribution in [0, 0.1) is 0 Å². The Hall–Kier alpha value is -0.720. The van der Waals surface area contributed by atoms with E-state index in [-0.39, 0.29) is 0 Å². The van der Waals surface area contributed by atoms with Crippen LogP contribution in [0.5, 0.6) is 0 Å². The van der Waals surface area contributed by atoms with Gasteiger partial charge in [0.1, 0.15) is 6.33 Å². The van der Waals surface area contributed by atoms with Gasteiger partial charge in [-0.25, -0.2) is 4.98 Å². The largest absolute Gasteiger partial charge is 0.382 e. The Labute approximate surface area is 81.3 Å². The summed E-state index contributed by atoms with van der Waals surface area (Å²) in [5.41, 5.74) is 0. The van der Waals surface area contributed by atoms with E-state index >= 15 is 0 Å². The summed E-state index contributed by atoms with van der Waals surface area (Å²) in [5.74, 6) is 0. The first-order valence-corrected chi connectivity index (χ1v) is 4.78. The Morgan fingerprint density at radius 2 is 2.38 bits per heavy atom. The van der Waals surface area contributed by atoms with E-state index in [4.69, 9.17) is 9.47 Å². The van der Waals surface area contributed by atoms with Gasteiger partial charge in [-0.2, -0.15) is 4.37 Å². The minimum atomic E-state index is 0.633. The molecule has 1 N–H and O–H groups in total. The normalized spacial score (nSPS) is 10.2. The second-order valence-corrected chi connectivity index (χ2v) is 3.06. The van der Waals surface area contributed by atoms with Crippen molar-refractivity contribution in [2.45, 2.75) is 0 Å². The van der Waals surface area contributed by atoms with Gasteiger partial charge in [0.25, 0.3) is 0 Å². The molecule has 0 radical (unpaired) electrons. The molecule has 0 bridgehead atoms. The summed E-state index contributed by atoms with van der Waals surface area (Å²) in [4.78, 5) is 3.97. The first kappa shape index (κ1) is 10.4. The van der Waals surface area contributed by atoms with Gasteiger partial charge in [0.05, 0.1) is 19.8 Å². The Kier molecular flexibility index (Phi) is 5.39. The van der Waals surface area contributed by atoms with Crippen LogP contribution >= 0.6 is 11.5 Å². The number of hydrogen-bond donors (Lipinski definition) is 1. The summed E-state index contributed by atoms with van der Waals surface area (Å²) >= 11 is 1.34. The van der Waals surface area contributed by atoms with E-state index in [0.717, 1.165) is 11.7 Å². The summed E-state index contributed by atoms with van der Waals surface area (Å²) in [5, 5.41) is 3.91. The van der Waals surface area contributed by atoms with Gasteiger partial charge < -0.3 is 14.8 Å². The zero-order valence-corrected chi connectivity index (χ0v) is 8.34. The first-order chi connectivity index (χ1) is 6.43.